The van der Waals surface area contributed by atoms with Gasteiger partial charge in [-0.3, -0.25) is 29.0 Å². The molecule has 0 aliphatic carbocycles. The number of amides is 3. The number of nitrogens with two attached hydrogens (primary N) is 3. The van der Waals surface area contributed by atoms with E-state index in [1.165, 1.54) is 0 Å². The van der Waals surface area contributed by atoms with Crippen molar-refractivity contribution >= 4 is 52.5 Å². The van der Waals surface area contributed by atoms with Gasteiger partial charge in [0.05, 0.1) is 18.9 Å². The highest BCUT2D eigenvalue weighted by molar-refractivity contribution is 5.96. The summed E-state index contributed by atoms with van der Waals surface area (Å²) in [5.74, 6) is -7.64. The first-order chi connectivity index (χ1) is 19.8. The minimum absolute atomic E-state index is 0.107. The highest BCUT2D eigenvalue weighted by Crippen LogP contribution is 2.19. The highest BCUT2D eigenvalue weighted by Gasteiger charge is 2.32. The average Bonchev–Trinajstić information content (AvgIpc) is 3.31. The summed E-state index contributed by atoms with van der Waals surface area (Å²) in [6, 6.07) is 0.899. The van der Waals surface area contributed by atoms with Crippen molar-refractivity contribution in [3.63, 3.8) is 0 Å². The van der Waals surface area contributed by atoms with Gasteiger partial charge in [0.15, 0.2) is 5.96 Å². The number of aromatic amines is 1. The molecule has 0 saturated carbocycles. The van der Waals surface area contributed by atoms with Crippen molar-refractivity contribution in [2.24, 2.45) is 22.2 Å². The number of guanidine groups is 1. The predicted molar refractivity (Wildman–Crippen MR) is 148 cm³/mol. The van der Waals surface area contributed by atoms with Crippen LogP contribution in [0.3, 0.4) is 0 Å². The number of nitrogens with zero attached hydrogens (tertiary/aromatic N) is 1. The quantitative estimate of drug-likeness (QED) is 0.0523. The lowest BCUT2D eigenvalue weighted by atomic mass is 10.0. The molecule has 0 radical (unpaired) electrons. The van der Waals surface area contributed by atoms with E-state index in [0.717, 1.165) is 0 Å². The number of hydrogen-bond donors (Lipinski definition) is 10. The molecule has 42 heavy (non-hydrogen) atoms. The molecule has 17 nitrogen and oxygen atoms in total. The van der Waals surface area contributed by atoms with Crippen LogP contribution in [0.25, 0.3) is 10.9 Å². The van der Waals surface area contributed by atoms with Crippen LogP contribution in [-0.2, 0) is 35.2 Å². The average molecular weight is 591 g/mol. The topological polar surface area (TPSA) is 305 Å². The monoisotopic (exact) mass is 590 g/mol. The van der Waals surface area contributed by atoms with E-state index < -0.39 is 72.6 Å². The fourth-order valence-corrected chi connectivity index (χ4v) is 3.96. The lowest BCUT2D eigenvalue weighted by Crippen LogP contribution is -2.58. The molecule has 2 aromatic rings. The molecule has 1 heterocycles. The normalized spacial score (nSPS) is 13.6. The number of aliphatic carboxylic acids is 3. The number of aromatic nitrogens is 1. The highest BCUT2D eigenvalue weighted by atomic mass is 16.4. The molecule has 1 aromatic heterocycles. The van der Waals surface area contributed by atoms with E-state index in [-0.39, 0.29) is 25.3 Å². The Labute approximate surface area is 238 Å². The number of carboxylic acids is 3. The third-order valence-corrected chi connectivity index (χ3v) is 6.04. The number of nitrogens with one attached hydrogen (secondary N) is 4. The molecule has 13 N–H and O–H groups in total. The molecule has 2 rings (SSSR count). The van der Waals surface area contributed by atoms with Crippen molar-refractivity contribution in [3.8, 4) is 0 Å². The Balaban J connectivity index is 2.27. The molecule has 4 atom stereocenters. The Morgan fingerprint density at radius 1 is 0.833 bits per heavy atom. The third kappa shape index (κ3) is 10.4. The largest absolute Gasteiger partial charge is 0.481 e. The standard InChI is InChI=1S/C25H34N8O9/c26-14(5-3-7-29-25(27)28)21(38)31-17(9-19(34)35)23(40)32-16(22(39)33-18(24(41)42)10-20(36)37)8-12-11-30-15-6-2-1-4-13(12)15/h1-2,4,6,11,14,16-18,30H,3,5,7-10,26H2,(H,31,38)(H,32,40)(H,33,39)(H,34,35)(H,36,37)(H,41,42)(H4,27,28,29)/t14-,16-,17-,18-/m0/s1. The van der Waals surface area contributed by atoms with Gasteiger partial charge in [0.1, 0.15) is 18.1 Å². The van der Waals surface area contributed by atoms with E-state index >= 15 is 0 Å². The first-order valence-electron chi connectivity index (χ1n) is 12.7. The summed E-state index contributed by atoms with van der Waals surface area (Å²) in [5.41, 5.74) is 17.6. The van der Waals surface area contributed by atoms with Crippen LogP contribution in [0, 0.1) is 0 Å². The fourth-order valence-electron chi connectivity index (χ4n) is 3.96. The lowest BCUT2D eigenvalue weighted by molar-refractivity contribution is -0.147. The number of benzene rings is 1. The number of H-pyrrole nitrogens is 1. The van der Waals surface area contributed by atoms with Gasteiger partial charge in [0.2, 0.25) is 17.7 Å². The zero-order chi connectivity index (χ0) is 31.4. The van der Waals surface area contributed by atoms with Gasteiger partial charge >= 0.3 is 17.9 Å². The Bertz CT molecular complexity index is 1340. The van der Waals surface area contributed by atoms with Crippen LogP contribution >= 0.6 is 0 Å². The Morgan fingerprint density at radius 3 is 2.02 bits per heavy atom. The zero-order valence-electron chi connectivity index (χ0n) is 22.4. The van der Waals surface area contributed by atoms with E-state index in [1.54, 1.807) is 30.5 Å². The number of carbonyl (C=O) groups is 6. The smallest absolute Gasteiger partial charge is 0.326 e. The molecule has 0 bridgehead atoms. The van der Waals surface area contributed by atoms with Crippen LogP contribution in [0.2, 0.25) is 0 Å². The minimum atomic E-state index is -1.82. The van der Waals surface area contributed by atoms with Gasteiger partial charge in [-0.05, 0) is 24.5 Å². The van der Waals surface area contributed by atoms with Gasteiger partial charge < -0.3 is 53.5 Å². The summed E-state index contributed by atoms with van der Waals surface area (Å²) in [7, 11) is 0. The van der Waals surface area contributed by atoms with Gasteiger partial charge in [0, 0.05) is 30.1 Å². The van der Waals surface area contributed by atoms with E-state index in [1.807, 2.05) is 0 Å². The SMILES string of the molecule is NC(N)=NCCC[C@H](N)C(=O)N[C@@H](CC(=O)O)C(=O)N[C@@H](Cc1c[nH]c2ccccc12)C(=O)N[C@@H](CC(=O)O)C(=O)O. The van der Waals surface area contributed by atoms with Crippen molar-refractivity contribution in [1.82, 2.24) is 20.9 Å². The Morgan fingerprint density at radius 2 is 1.40 bits per heavy atom. The second-order valence-corrected chi connectivity index (χ2v) is 9.34. The van der Waals surface area contributed by atoms with Crippen LogP contribution in [0.15, 0.2) is 35.5 Å². The van der Waals surface area contributed by atoms with Crippen LogP contribution in [0.4, 0.5) is 0 Å². The summed E-state index contributed by atoms with van der Waals surface area (Å²) in [6.45, 7) is 0.187. The first kappa shape index (κ1) is 33.0. The molecule has 3 amide bonds. The Kier molecular flexibility index (Phi) is 12.2. The Hall–Kier alpha value is -5.19. The first-order valence-corrected chi connectivity index (χ1v) is 12.7. The van der Waals surface area contributed by atoms with E-state index in [9.17, 15) is 39.0 Å². The number of para-hydroxylation sites is 1. The van der Waals surface area contributed by atoms with Crippen molar-refractivity contribution < 1.29 is 44.1 Å². The van der Waals surface area contributed by atoms with Crippen molar-refractivity contribution in [1.29, 1.82) is 0 Å². The summed E-state index contributed by atoms with van der Waals surface area (Å²) in [6.07, 6.45) is -0.00396. The summed E-state index contributed by atoms with van der Waals surface area (Å²) in [5, 5.41) is 35.1. The van der Waals surface area contributed by atoms with Gasteiger partial charge in [-0.2, -0.15) is 0 Å². The number of carboxylic acid groups (broad SMARTS) is 3. The maximum atomic E-state index is 13.2. The molecule has 0 unspecified atom stereocenters. The van der Waals surface area contributed by atoms with Gasteiger partial charge in [0.25, 0.3) is 0 Å². The number of fused-ring (bicyclic) bond motifs is 1. The molecule has 17 heteroatoms. The van der Waals surface area contributed by atoms with Gasteiger partial charge in [-0.1, -0.05) is 18.2 Å². The lowest BCUT2D eigenvalue weighted by Gasteiger charge is -2.24. The summed E-state index contributed by atoms with van der Waals surface area (Å²) >= 11 is 0. The van der Waals surface area contributed by atoms with E-state index in [2.05, 4.69) is 25.9 Å². The zero-order valence-corrected chi connectivity index (χ0v) is 22.4. The van der Waals surface area contributed by atoms with Crippen LogP contribution < -0.4 is 33.2 Å². The molecule has 228 valence electrons. The molecule has 0 spiro atoms. The molecule has 0 aliphatic rings. The van der Waals surface area contributed by atoms with E-state index in [4.69, 9.17) is 22.3 Å². The number of aliphatic imine (C=N–C) groups is 1. The minimum Gasteiger partial charge on any atom is -0.481 e. The molecule has 0 fully saturated rings. The second-order valence-electron chi connectivity index (χ2n) is 9.34. The van der Waals surface area contributed by atoms with E-state index in [0.29, 0.717) is 22.9 Å². The molecular formula is C25H34N8O9. The van der Waals surface area contributed by atoms with Crippen LogP contribution in [0.5, 0.6) is 0 Å². The predicted octanol–water partition coefficient (Wildman–Crippen LogP) is -2.42. The van der Waals surface area contributed by atoms with Gasteiger partial charge in [-0.15, -0.1) is 0 Å². The maximum absolute atomic E-state index is 13.2. The van der Waals surface area contributed by atoms with Gasteiger partial charge in [-0.25, -0.2) is 4.79 Å². The maximum Gasteiger partial charge on any atom is 0.326 e. The summed E-state index contributed by atoms with van der Waals surface area (Å²) in [4.78, 5) is 79.9. The number of rotatable bonds is 17. The summed E-state index contributed by atoms with van der Waals surface area (Å²) < 4.78 is 0. The molecular weight excluding hydrogens is 556 g/mol. The third-order valence-electron chi connectivity index (χ3n) is 6.04. The molecule has 0 saturated heterocycles. The van der Waals surface area contributed by atoms with Crippen molar-refractivity contribution in [3.05, 3.63) is 36.0 Å². The number of carbonyl (C=O) groups excluding carboxylic acids is 3. The molecule has 1 aromatic carbocycles. The van der Waals surface area contributed by atoms with Crippen LogP contribution in [-0.4, -0.2) is 92.6 Å². The fraction of sp³-hybridized carbons (Fsp3) is 0.400. The van der Waals surface area contributed by atoms with Crippen molar-refractivity contribution in [2.75, 3.05) is 6.54 Å². The van der Waals surface area contributed by atoms with Crippen LogP contribution in [0.1, 0.15) is 31.2 Å². The second kappa shape index (κ2) is 15.6. The van der Waals surface area contributed by atoms with Crippen molar-refractivity contribution in [2.45, 2.75) is 56.3 Å². The molecule has 0 aliphatic heterocycles. The number of hydrogen-bond acceptors (Lipinski definition) is 8.